The highest BCUT2D eigenvalue weighted by atomic mass is 16.5. The summed E-state index contributed by atoms with van der Waals surface area (Å²) in [5, 5.41) is 0. The van der Waals surface area contributed by atoms with E-state index in [2.05, 4.69) is 6.58 Å². The number of esters is 1. The van der Waals surface area contributed by atoms with Crippen LogP contribution in [0.1, 0.15) is 34.0 Å². The van der Waals surface area contributed by atoms with E-state index >= 15 is 0 Å². The highest BCUT2D eigenvalue weighted by molar-refractivity contribution is 5.92. The Balaban J connectivity index is 2.95. The second-order valence-corrected chi connectivity index (χ2v) is 4.31. The number of hydrogen-bond acceptors (Lipinski definition) is 2. The molecular formula is C14H18O2. The summed E-state index contributed by atoms with van der Waals surface area (Å²) < 4.78 is 5.15. The lowest BCUT2D eigenvalue weighted by molar-refractivity contribution is 0.0538. The Labute approximate surface area is 96.9 Å². The van der Waals surface area contributed by atoms with Crippen LogP contribution in [0, 0.1) is 20.8 Å². The van der Waals surface area contributed by atoms with Crippen molar-refractivity contribution in [3.63, 3.8) is 0 Å². The van der Waals surface area contributed by atoms with E-state index in [1.807, 2.05) is 39.8 Å². The molecule has 16 heavy (non-hydrogen) atoms. The fourth-order valence-electron chi connectivity index (χ4n) is 1.76. The lowest BCUT2D eigenvalue weighted by Crippen LogP contribution is -2.10. The van der Waals surface area contributed by atoms with Gasteiger partial charge in [-0.2, -0.15) is 0 Å². The van der Waals surface area contributed by atoms with Crippen molar-refractivity contribution in [1.29, 1.82) is 0 Å². The molecule has 0 spiro atoms. The first-order valence-corrected chi connectivity index (χ1v) is 5.31. The van der Waals surface area contributed by atoms with E-state index < -0.39 is 0 Å². The van der Waals surface area contributed by atoms with Crippen molar-refractivity contribution in [2.75, 3.05) is 6.61 Å². The maximum Gasteiger partial charge on any atom is 0.338 e. The Bertz CT molecular complexity index is 407. The van der Waals surface area contributed by atoms with Crippen LogP contribution < -0.4 is 0 Å². The smallest absolute Gasteiger partial charge is 0.338 e. The molecule has 0 atom stereocenters. The van der Waals surface area contributed by atoms with Gasteiger partial charge in [-0.15, -0.1) is 0 Å². The quantitative estimate of drug-likeness (QED) is 0.574. The molecule has 0 aliphatic carbocycles. The Kier molecular flexibility index (Phi) is 3.88. The monoisotopic (exact) mass is 218 g/mol. The van der Waals surface area contributed by atoms with E-state index in [1.165, 1.54) is 0 Å². The van der Waals surface area contributed by atoms with Crippen LogP contribution in [0.4, 0.5) is 0 Å². The predicted molar refractivity (Wildman–Crippen MR) is 65.7 cm³/mol. The van der Waals surface area contributed by atoms with Gasteiger partial charge in [-0.1, -0.05) is 24.3 Å². The van der Waals surface area contributed by atoms with E-state index in [0.717, 1.165) is 22.3 Å². The summed E-state index contributed by atoms with van der Waals surface area (Å²) >= 11 is 0. The van der Waals surface area contributed by atoms with Crippen molar-refractivity contribution in [2.24, 2.45) is 0 Å². The van der Waals surface area contributed by atoms with E-state index in [0.29, 0.717) is 5.56 Å². The molecule has 2 heteroatoms. The second-order valence-electron chi connectivity index (χ2n) is 4.31. The molecule has 0 bridgehead atoms. The van der Waals surface area contributed by atoms with E-state index in [1.54, 1.807) is 0 Å². The molecule has 0 aliphatic rings. The van der Waals surface area contributed by atoms with Gasteiger partial charge in [0, 0.05) is 0 Å². The van der Waals surface area contributed by atoms with Gasteiger partial charge in [0.2, 0.25) is 0 Å². The molecular weight excluding hydrogens is 200 g/mol. The van der Waals surface area contributed by atoms with Gasteiger partial charge < -0.3 is 4.74 Å². The van der Waals surface area contributed by atoms with Crippen molar-refractivity contribution in [3.8, 4) is 0 Å². The largest absolute Gasteiger partial charge is 0.458 e. The first-order chi connectivity index (χ1) is 7.41. The van der Waals surface area contributed by atoms with Gasteiger partial charge in [0.25, 0.3) is 0 Å². The third-order valence-electron chi connectivity index (χ3n) is 2.33. The molecule has 1 rings (SSSR count). The highest BCUT2D eigenvalue weighted by Gasteiger charge is 2.13. The molecule has 0 saturated carbocycles. The lowest BCUT2D eigenvalue weighted by Gasteiger charge is -2.10. The number of ether oxygens (including phenoxy) is 1. The van der Waals surface area contributed by atoms with Crippen LogP contribution in [0.15, 0.2) is 24.3 Å². The standard InChI is InChI=1S/C14H18O2/c1-9(2)8-16-14(15)13-11(4)6-10(3)7-12(13)5/h6-7H,1,8H2,2-5H3. The van der Waals surface area contributed by atoms with Crippen molar-refractivity contribution in [1.82, 2.24) is 0 Å². The van der Waals surface area contributed by atoms with Crippen LogP contribution >= 0.6 is 0 Å². The molecule has 0 heterocycles. The minimum absolute atomic E-state index is 0.266. The second kappa shape index (κ2) is 4.97. The van der Waals surface area contributed by atoms with Crippen LogP contribution in [0.25, 0.3) is 0 Å². The van der Waals surface area contributed by atoms with E-state index in [-0.39, 0.29) is 12.6 Å². The van der Waals surface area contributed by atoms with Crippen LogP contribution in [-0.2, 0) is 4.74 Å². The van der Waals surface area contributed by atoms with Crippen LogP contribution in [0.5, 0.6) is 0 Å². The van der Waals surface area contributed by atoms with Crippen molar-refractivity contribution in [2.45, 2.75) is 27.7 Å². The fourth-order valence-corrected chi connectivity index (χ4v) is 1.76. The molecule has 0 fully saturated rings. The summed E-state index contributed by atoms with van der Waals surface area (Å²) in [5.74, 6) is -0.266. The van der Waals surface area contributed by atoms with Crippen LogP contribution in [-0.4, -0.2) is 12.6 Å². The summed E-state index contributed by atoms with van der Waals surface area (Å²) in [6, 6.07) is 3.98. The fraction of sp³-hybridized carbons (Fsp3) is 0.357. The van der Waals surface area contributed by atoms with Crippen molar-refractivity contribution in [3.05, 3.63) is 46.5 Å². The number of benzene rings is 1. The average Bonchev–Trinajstić information content (AvgIpc) is 2.12. The van der Waals surface area contributed by atoms with Gasteiger partial charge in [-0.05, 0) is 44.4 Å². The molecule has 0 radical (unpaired) electrons. The number of carbonyl (C=O) groups excluding carboxylic acids is 1. The molecule has 0 aliphatic heterocycles. The zero-order chi connectivity index (χ0) is 12.3. The molecule has 86 valence electrons. The Morgan fingerprint density at radius 2 is 1.75 bits per heavy atom. The number of aryl methyl sites for hydroxylation is 3. The molecule has 1 aromatic carbocycles. The summed E-state index contributed by atoms with van der Waals surface area (Å²) in [5.41, 5.74) is 4.60. The molecule has 1 aromatic rings. The number of hydrogen-bond donors (Lipinski definition) is 0. The molecule has 0 N–H and O–H groups in total. The minimum Gasteiger partial charge on any atom is -0.458 e. The average molecular weight is 218 g/mol. The van der Waals surface area contributed by atoms with Gasteiger partial charge >= 0.3 is 5.97 Å². The topological polar surface area (TPSA) is 26.3 Å². The summed E-state index contributed by atoms with van der Waals surface area (Å²) in [4.78, 5) is 11.8. The third kappa shape index (κ3) is 2.96. The normalized spacial score (nSPS) is 10.0. The number of carbonyl (C=O) groups is 1. The maximum atomic E-state index is 11.8. The van der Waals surface area contributed by atoms with Gasteiger partial charge in [-0.25, -0.2) is 4.79 Å². The molecule has 0 unspecified atom stereocenters. The number of rotatable bonds is 3. The van der Waals surface area contributed by atoms with E-state index in [9.17, 15) is 4.79 Å². The van der Waals surface area contributed by atoms with Crippen LogP contribution in [0.3, 0.4) is 0 Å². The van der Waals surface area contributed by atoms with Gasteiger partial charge in [-0.3, -0.25) is 0 Å². The maximum absolute atomic E-state index is 11.8. The van der Waals surface area contributed by atoms with Gasteiger partial charge in [0.1, 0.15) is 6.61 Å². The van der Waals surface area contributed by atoms with Crippen molar-refractivity contribution >= 4 is 5.97 Å². The van der Waals surface area contributed by atoms with E-state index in [4.69, 9.17) is 4.74 Å². The Morgan fingerprint density at radius 1 is 1.25 bits per heavy atom. The van der Waals surface area contributed by atoms with Crippen molar-refractivity contribution < 1.29 is 9.53 Å². The first-order valence-electron chi connectivity index (χ1n) is 5.31. The molecule has 0 saturated heterocycles. The first kappa shape index (κ1) is 12.5. The minimum atomic E-state index is -0.266. The Morgan fingerprint density at radius 3 is 2.19 bits per heavy atom. The van der Waals surface area contributed by atoms with Crippen LogP contribution in [0.2, 0.25) is 0 Å². The summed E-state index contributed by atoms with van der Waals surface area (Å²) in [6.45, 7) is 11.7. The molecule has 0 amide bonds. The summed E-state index contributed by atoms with van der Waals surface area (Å²) in [6.07, 6.45) is 0. The lowest BCUT2D eigenvalue weighted by atomic mass is 10.00. The SMILES string of the molecule is C=C(C)COC(=O)c1c(C)cc(C)cc1C. The zero-order valence-electron chi connectivity index (χ0n) is 10.4. The highest BCUT2D eigenvalue weighted by Crippen LogP contribution is 2.17. The summed E-state index contributed by atoms with van der Waals surface area (Å²) in [7, 11) is 0. The third-order valence-corrected chi connectivity index (χ3v) is 2.33. The Hall–Kier alpha value is -1.57. The van der Waals surface area contributed by atoms with Gasteiger partial charge in [0.05, 0.1) is 5.56 Å². The molecule has 2 nitrogen and oxygen atoms in total. The molecule has 0 aromatic heterocycles. The zero-order valence-corrected chi connectivity index (χ0v) is 10.4. The van der Waals surface area contributed by atoms with Gasteiger partial charge in [0.15, 0.2) is 0 Å². The predicted octanol–water partition coefficient (Wildman–Crippen LogP) is 3.34.